The first kappa shape index (κ1) is 13.5. The highest BCUT2D eigenvalue weighted by atomic mass is 16.2. The SMILES string of the molecule is CC1(C)C2C(=O)N(CC(=O)N3CCCNCC3)C(=O)C21. The minimum atomic E-state index is -0.208. The summed E-state index contributed by atoms with van der Waals surface area (Å²) in [6.07, 6.45) is 0.909. The average Bonchev–Trinajstić information content (AvgIpc) is 2.99. The highest BCUT2D eigenvalue weighted by Gasteiger charge is 2.72. The van der Waals surface area contributed by atoms with Crippen LogP contribution in [0.25, 0.3) is 0 Å². The molecule has 3 aliphatic rings. The van der Waals surface area contributed by atoms with Crippen molar-refractivity contribution in [2.24, 2.45) is 17.3 Å². The van der Waals surface area contributed by atoms with Crippen molar-refractivity contribution in [2.75, 3.05) is 32.7 Å². The van der Waals surface area contributed by atoms with Crippen LogP contribution in [-0.2, 0) is 14.4 Å². The molecule has 3 rings (SSSR count). The fourth-order valence-electron chi connectivity index (χ4n) is 3.49. The molecule has 1 aliphatic carbocycles. The molecular weight excluding hydrogens is 258 g/mol. The molecule has 6 heteroatoms. The van der Waals surface area contributed by atoms with Gasteiger partial charge in [0.25, 0.3) is 0 Å². The zero-order valence-electron chi connectivity index (χ0n) is 12.0. The highest BCUT2D eigenvalue weighted by molar-refractivity contribution is 6.12. The lowest BCUT2D eigenvalue weighted by Crippen LogP contribution is -2.46. The lowest BCUT2D eigenvalue weighted by molar-refractivity contribution is -0.148. The second-order valence-corrected chi connectivity index (χ2v) is 6.52. The third-order valence-corrected chi connectivity index (χ3v) is 4.88. The summed E-state index contributed by atoms with van der Waals surface area (Å²) >= 11 is 0. The molecule has 2 unspecified atom stereocenters. The zero-order chi connectivity index (χ0) is 14.5. The van der Waals surface area contributed by atoms with E-state index in [0.717, 1.165) is 19.5 Å². The molecule has 20 heavy (non-hydrogen) atoms. The summed E-state index contributed by atoms with van der Waals surface area (Å²) in [5.41, 5.74) is -0.208. The number of hydrogen-bond acceptors (Lipinski definition) is 4. The van der Waals surface area contributed by atoms with Gasteiger partial charge in [0.2, 0.25) is 17.7 Å². The smallest absolute Gasteiger partial charge is 0.242 e. The molecule has 0 aromatic heterocycles. The molecule has 1 N–H and O–H groups in total. The average molecular weight is 279 g/mol. The molecule has 2 atom stereocenters. The fourth-order valence-corrected chi connectivity index (χ4v) is 3.49. The molecule has 6 nitrogen and oxygen atoms in total. The van der Waals surface area contributed by atoms with Gasteiger partial charge in [0.05, 0.1) is 11.8 Å². The number of fused-ring (bicyclic) bond motifs is 1. The summed E-state index contributed by atoms with van der Waals surface area (Å²) in [5.74, 6) is -0.839. The summed E-state index contributed by atoms with van der Waals surface area (Å²) < 4.78 is 0. The number of carbonyl (C=O) groups is 3. The summed E-state index contributed by atoms with van der Waals surface area (Å²) in [7, 11) is 0. The monoisotopic (exact) mass is 279 g/mol. The number of nitrogens with zero attached hydrogens (tertiary/aromatic N) is 2. The Bertz CT molecular complexity index is 442. The molecule has 3 amide bonds. The number of likely N-dealkylation sites (tertiary alicyclic amines) is 1. The normalized spacial score (nSPS) is 32.1. The lowest BCUT2D eigenvalue weighted by atomic mass is 10.1. The van der Waals surface area contributed by atoms with Crippen LogP contribution in [0.4, 0.5) is 0 Å². The van der Waals surface area contributed by atoms with Crippen molar-refractivity contribution in [3.05, 3.63) is 0 Å². The van der Waals surface area contributed by atoms with E-state index in [1.807, 2.05) is 13.8 Å². The quantitative estimate of drug-likeness (QED) is 0.689. The second-order valence-electron chi connectivity index (χ2n) is 6.52. The van der Waals surface area contributed by atoms with E-state index in [4.69, 9.17) is 0 Å². The van der Waals surface area contributed by atoms with Gasteiger partial charge >= 0.3 is 0 Å². The molecule has 0 radical (unpaired) electrons. The molecule has 0 spiro atoms. The van der Waals surface area contributed by atoms with E-state index in [1.54, 1.807) is 4.90 Å². The van der Waals surface area contributed by atoms with Crippen LogP contribution in [0.3, 0.4) is 0 Å². The highest BCUT2D eigenvalue weighted by Crippen LogP contribution is 2.63. The Morgan fingerprint density at radius 1 is 1.20 bits per heavy atom. The van der Waals surface area contributed by atoms with Crippen LogP contribution in [0.5, 0.6) is 0 Å². The van der Waals surface area contributed by atoms with Gasteiger partial charge in [-0.15, -0.1) is 0 Å². The predicted octanol–water partition coefficient (Wildman–Crippen LogP) is -0.551. The van der Waals surface area contributed by atoms with Crippen LogP contribution >= 0.6 is 0 Å². The standard InChI is InChI=1S/C14H21N3O3/c1-14(2)10-11(14)13(20)17(12(10)19)8-9(18)16-6-3-4-15-5-7-16/h10-11,15H,3-8H2,1-2H3. The Morgan fingerprint density at radius 3 is 2.50 bits per heavy atom. The molecule has 0 aromatic rings. The van der Waals surface area contributed by atoms with E-state index < -0.39 is 0 Å². The van der Waals surface area contributed by atoms with Gasteiger partial charge in [-0.2, -0.15) is 0 Å². The third kappa shape index (κ3) is 1.93. The Balaban J connectivity index is 1.63. The first-order valence-corrected chi connectivity index (χ1v) is 7.28. The largest absolute Gasteiger partial charge is 0.340 e. The molecular formula is C14H21N3O3. The van der Waals surface area contributed by atoms with Crippen LogP contribution < -0.4 is 5.32 Å². The topological polar surface area (TPSA) is 69.7 Å². The van der Waals surface area contributed by atoms with Crippen molar-refractivity contribution in [3.63, 3.8) is 0 Å². The van der Waals surface area contributed by atoms with Gasteiger partial charge in [0, 0.05) is 19.6 Å². The molecule has 110 valence electrons. The van der Waals surface area contributed by atoms with E-state index in [0.29, 0.717) is 13.1 Å². The number of piperidine rings is 1. The van der Waals surface area contributed by atoms with Crippen LogP contribution in [0.1, 0.15) is 20.3 Å². The molecule has 0 bridgehead atoms. The minimum Gasteiger partial charge on any atom is -0.340 e. The molecule has 1 saturated carbocycles. The number of nitrogens with one attached hydrogen (secondary N) is 1. The Labute approximate surface area is 118 Å². The van der Waals surface area contributed by atoms with Gasteiger partial charge in [0.1, 0.15) is 6.54 Å². The molecule has 2 aliphatic heterocycles. The second kappa shape index (κ2) is 4.55. The summed E-state index contributed by atoms with van der Waals surface area (Å²) in [4.78, 5) is 39.5. The van der Waals surface area contributed by atoms with Crippen molar-refractivity contribution in [3.8, 4) is 0 Å². The van der Waals surface area contributed by atoms with Crippen LogP contribution in [0.2, 0.25) is 0 Å². The predicted molar refractivity (Wildman–Crippen MR) is 71.5 cm³/mol. The molecule has 2 heterocycles. The third-order valence-electron chi connectivity index (χ3n) is 4.88. The minimum absolute atomic E-state index is 0.0826. The summed E-state index contributed by atoms with van der Waals surface area (Å²) in [5, 5.41) is 3.23. The summed E-state index contributed by atoms with van der Waals surface area (Å²) in [6, 6.07) is 0. The van der Waals surface area contributed by atoms with Crippen molar-refractivity contribution < 1.29 is 14.4 Å². The van der Waals surface area contributed by atoms with Crippen molar-refractivity contribution >= 4 is 17.7 Å². The van der Waals surface area contributed by atoms with Crippen LogP contribution in [0, 0.1) is 17.3 Å². The number of amides is 3. The lowest BCUT2D eigenvalue weighted by Gasteiger charge is -2.25. The van der Waals surface area contributed by atoms with Crippen molar-refractivity contribution in [1.82, 2.24) is 15.1 Å². The maximum atomic E-state index is 12.2. The first-order chi connectivity index (χ1) is 9.44. The van der Waals surface area contributed by atoms with Gasteiger partial charge in [-0.3, -0.25) is 19.3 Å². The fraction of sp³-hybridized carbons (Fsp3) is 0.786. The van der Waals surface area contributed by atoms with Gasteiger partial charge in [0.15, 0.2) is 0 Å². The van der Waals surface area contributed by atoms with Crippen LogP contribution in [0.15, 0.2) is 0 Å². The number of hydrogen-bond donors (Lipinski definition) is 1. The molecule has 0 aromatic carbocycles. The number of imide groups is 1. The van der Waals surface area contributed by atoms with Gasteiger partial charge < -0.3 is 10.2 Å². The Hall–Kier alpha value is -1.43. The van der Waals surface area contributed by atoms with E-state index in [1.165, 1.54) is 4.90 Å². The molecule has 2 saturated heterocycles. The number of carbonyl (C=O) groups excluding carboxylic acids is 3. The Kier molecular flexibility index (Phi) is 3.08. The van der Waals surface area contributed by atoms with Gasteiger partial charge in [-0.05, 0) is 18.4 Å². The first-order valence-electron chi connectivity index (χ1n) is 7.28. The Morgan fingerprint density at radius 2 is 1.85 bits per heavy atom. The van der Waals surface area contributed by atoms with Gasteiger partial charge in [-0.25, -0.2) is 0 Å². The maximum absolute atomic E-state index is 12.2. The zero-order valence-corrected chi connectivity index (χ0v) is 12.0. The summed E-state index contributed by atoms with van der Waals surface area (Å²) in [6.45, 7) is 6.82. The van der Waals surface area contributed by atoms with Crippen molar-refractivity contribution in [1.29, 1.82) is 0 Å². The maximum Gasteiger partial charge on any atom is 0.242 e. The number of rotatable bonds is 2. The van der Waals surface area contributed by atoms with Gasteiger partial charge in [-0.1, -0.05) is 13.8 Å². The molecule has 3 fully saturated rings. The van der Waals surface area contributed by atoms with Crippen LogP contribution in [-0.4, -0.2) is 60.2 Å². The van der Waals surface area contributed by atoms with E-state index >= 15 is 0 Å². The van der Waals surface area contributed by atoms with E-state index in [9.17, 15) is 14.4 Å². The van der Waals surface area contributed by atoms with E-state index in [2.05, 4.69) is 5.32 Å². The van der Waals surface area contributed by atoms with Crippen molar-refractivity contribution in [2.45, 2.75) is 20.3 Å². The van der Waals surface area contributed by atoms with E-state index in [-0.39, 0.29) is 41.5 Å².